The monoisotopic (exact) mass is 296 g/mol. The highest BCUT2D eigenvalue weighted by Crippen LogP contribution is 2.18. The van der Waals surface area contributed by atoms with E-state index in [1.54, 1.807) is 20.8 Å². The van der Waals surface area contributed by atoms with Crippen molar-refractivity contribution in [1.82, 2.24) is 9.80 Å². The second-order valence-electron chi connectivity index (χ2n) is 5.73. The topological polar surface area (TPSA) is 49.9 Å². The van der Waals surface area contributed by atoms with Gasteiger partial charge < -0.3 is 9.64 Å². The van der Waals surface area contributed by atoms with Crippen molar-refractivity contribution in [3.8, 4) is 0 Å². The van der Waals surface area contributed by atoms with Gasteiger partial charge in [-0.15, -0.1) is 0 Å². The maximum atomic E-state index is 12.2. The van der Waals surface area contributed by atoms with E-state index in [4.69, 9.17) is 4.74 Å². The number of halogens is 3. The zero-order valence-corrected chi connectivity index (χ0v) is 11.8. The van der Waals surface area contributed by atoms with Crippen molar-refractivity contribution < 1.29 is 27.5 Å². The molecule has 5 nitrogen and oxygen atoms in total. The molecule has 0 aromatic carbocycles. The van der Waals surface area contributed by atoms with Crippen molar-refractivity contribution in [2.75, 3.05) is 32.7 Å². The molecule has 0 saturated carbocycles. The smallest absolute Gasteiger partial charge is 0.406 e. The Morgan fingerprint density at radius 1 is 1.25 bits per heavy atom. The first-order valence-electron chi connectivity index (χ1n) is 6.25. The molecule has 0 unspecified atom stereocenters. The minimum atomic E-state index is -4.40. The van der Waals surface area contributed by atoms with Gasteiger partial charge >= 0.3 is 12.1 Å². The molecule has 1 heterocycles. The van der Waals surface area contributed by atoms with Gasteiger partial charge in [-0.05, 0) is 20.8 Å². The summed E-state index contributed by atoms with van der Waals surface area (Å²) in [4.78, 5) is 25.4. The molecule has 0 spiro atoms. The quantitative estimate of drug-likeness (QED) is 0.730. The van der Waals surface area contributed by atoms with Crippen molar-refractivity contribution in [2.24, 2.45) is 0 Å². The molecule has 116 valence electrons. The van der Waals surface area contributed by atoms with E-state index in [2.05, 4.69) is 0 Å². The molecule has 0 atom stereocenters. The Labute approximate surface area is 115 Å². The SMILES string of the molecule is CC(C)(C)OC(=O)CN1CCN(CC(F)(F)F)C(=O)C1. The number of piperazine rings is 1. The fourth-order valence-electron chi connectivity index (χ4n) is 1.83. The first-order chi connectivity index (χ1) is 8.96. The molecular formula is C12H19F3N2O3. The highest BCUT2D eigenvalue weighted by Gasteiger charge is 2.35. The van der Waals surface area contributed by atoms with Crippen LogP contribution in [0.5, 0.6) is 0 Å². The number of hydrogen-bond acceptors (Lipinski definition) is 4. The Kier molecular flexibility index (Phi) is 5.01. The fraction of sp³-hybridized carbons (Fsp3) is 0.833. The summed E-state index contributed by atoms with van der Waals surface area (Å²) >= 11 is 0. The van der Waals surface area contributed by atoms with Gasteiger partial charge in [0, 0.05) is 13.1 Å². The number of ether oxygens (including phenoxy) is 1. The largest absolute Gasteiger partial charge is 0.459 e. The average Bonchev–Trinajstić information content (AvgIpc) is 2.17. The summed E-state index contributed by atoms with van der Waals surface area (Å²) in [5.74, 6) is -1.12. The molecule has 1 saturated heterocycles. The van der Waals surface area contributed by atoms with E-state index >= 15 is 0 Å². The number of alkyl halides is 3. The summed E-state index contributed by atoms with van der Waals surface area (Å²) < 4.78 is 41.8. The lowest BCUT2D eigenvalue weighted by atomic mass is 10.2. The molecular weight excluding hydrogens is 277 g/mol. The van der Waals surface area contributed by atoms with Crippen LogP contribution in [0.1, 0.15) is 20.8 Å². The Morgan fingerprint density at radius 2 is 1.85 bits per heavy atom. The van der Waals surface area contributed by atoms with Gasteiger partial charge in [0.25, 0.3) is 0 Å². The van der Waals surface area contributed by atoms with Gasteiger partial charge in [-0.3, -0.25) is 14.5 Å². The highest BCUT2D eigenvalue weighted by atomic mass is 19.4. The molecule has 0 aromatic heterocycles. The van der Waals surface area contributed by atoms with Gasteiger partial charge in [-0.1, -0.05) is 0 Å². The van der Waals surface area contributed by atoms with Crippen LogP contribution in [0.2, 0.25) is 0 Å². The Hall–Kier alpha value is -1.31. The van der Waals surface area contributed by atoms with E-state index in [0.717, 1.165) is 4.90 Å². The fourth-order valence-corrected chi connectivity index (χ4v) is 1.83. The molecule has 0 aromatic rings. The Balaban J connectivity index is 2.44. The van der Waals surface area contributed by atoms with Crippen molar-refractivity contribution in [2.45, 2.75) is 32.5 Å². The normalized spacial score (nSPS) is 18.3. The third-order valence-electron chi connectivity index (χ3n) is 2.54. The average molecular weight is 296 g/mol. The first kappa shape index (κ1) is 16.7. The Bertz CT molecular complexity index is 377. The molecule has 1 fully saturated rings. The molecule has 8 heteroatoms. The lowest BCUT2D eigenvalue weighted by molar-refractivity contribution is -0.168. The molecule has 0 bridgehead atoms. The maximum Gasteiger partial charge on any atom is 0.406 e. The van der Waals surface area contributed by atoms with Crippen molar-refractivity contribution in [3.63, 3.8) is 0 Å². The van der Waals surface area contributed by atoms with Crippen molar-refractivity contribution in [3.05, 3.63) is 0 Å². The van der Waals surface area contributed by atoms with Crippen LogP contribution in [-0.4, -0.2) is 66.2 Å². The number of hydrogen-bond donors (Lipinski definition) is 0. The third-order valence-corrected chi connectivity index (χ3v) is 2.54. The first-order valence-corrected chi connectivity index (χ1v) is 6.25. The second kappa shape index (κ2) is 5.99. The van der Waals surface area contributed by atoms with Gasteiger partial charge in [0.2, 0.25) is 5.91 Å². The number of carbonyl (C=O) groups is 2. The molecule has 0 N–H and O–H groups in total. The summed E-state index contributed by atoms with van der Waals surface area (Å²) in [5, 5.41) is 0. The van der Waals surface area contributed by atoms with E-state index in [1.807, 2.05) is 0 Å². The number of rotatable bonds is 3. The van der Waals surface area contributed by atoms with E-state index in [9.17, 15) is 22.8 Å². The van der Waals surface area contributed by atoms with Gasteiger partial charge in [0.15, 0.2) is 0 Å². The van der Waals surface area contributed by atoms with E-state index in [-0.39, 0.29) is 26.2 Å². The van der Waals surface area contributed by atoms with Gasteiger partial charge in [-0.25, -0.2) is 0 Å². The van der Waals surface area contributed by atoms with Crippen LogP contribution in [0, 0.1) is 0 Å². The van der Waals surface area contributed by atoms with E-state index in [1.165, 1.54) is 4.90 Å². The lowest BCUT2D eigenvalue weighted by Gasteiger charge is -2.34. The van der Waals surface area contributed by atoms with Crippen LogP contribution in [0.3, 0.4) is 0 Å². The van der Waals surface area contributed by atoms with Gasteiger partial charge in [0.05, 0.1) is 13.1 Å². The highest BCUT2D eigenvalue weighted by molar-refractivity contribution is 5.80. The van der Waals surface area contributed by atoms with Gasteiger partial charge in [0.1, 0.15) is 12.1 Å². The van der Waals surface area contributed by atoms with Crippen LogP contribution in [-0.2, 0) is 14.3 Å². The standard InChI is InChI=1S/C12H19F3N2O3/c1-11(2,3)20-10(19)7-16-4-5-17(9(18)6-16)8-12(13,14)15/h4-8H2,1-3H3. The third kappa shape index (κ3) is 6.23. The predicted octanol–water partition coefficient (Wildman–Crippen LogP) is 1.03. The van der Waals surface area contributed by atoms with Crippen molar-refractivity contribution >= 4 is 11.9 Å². The van der Waals surface area contributed by atoms with Crippen LogP contribution >= 0.6 is 0 Å². The number of esters is 1. The molecule has 1 amide bonds. The minimum absolute atomic E-state index is 0.0405. The summed E-state index contributed by atoms with van der Waals surface area (Å²) in [6, 6.07) is 0. The van der Waals surface area contributed by atoms with E-state index < -0.39 is 30.2 Å². The summed E-state index contributed by atoms with van der Waals surface area (Å²) in [7, 11) is 0. The van der Waals surface area contributed by atoms with Crippen molar-refractivity contribution in [1.29, 1.82) is 0 Å². The molecule has 1 aliphatic heterocycles. The van der Waals surface area contributed by atoms with Crippen LogP contribution in [0.4, 0.5) is 13.2 Å². The molecule has 1 aliphatic rings. The minimum Gasteiger partial charge on any atom is -0.459 e. The second-order valence-corrected chi connectivity index (χ2v) is 5.73. The summed E-state index contributed by atoms with van der Waals surface area (Å²) in [6.07, 6.45) is -4.40. The van der Waals surface area contributed by atoms with Crippen LogP contribution in [0.15, 0.2) is 0 Å². The predicted molar refractivity (Wildman–Crippen MR) is 64.9 cm³/mol. The summed E-state index contributed by atoms with van der Waals surface area (Å²) in [6.45, 7) is 3.80. The number of nitrogens with zero attached hydrogens (tertiary/aromatic N) is 2. The molecule has 20 heavy (non-hydrogen) atoms. The number of amides is 1. The molecule has 0 radical (unpaired) electrons. The Morgan fingerprint density at radius 3 is 2.30 bits per heavy atom. The summed E-state index contributed by atoms with van der Waals surface area (Å²) in [5.41, 5.74) is -0.626. The molecule has 1 rings (SSSR count). The lowest BCUT2D eigenvalue weighted by Crippen LogP contribution is -2.54. The van der Waals surface area contributed by atoms with Gasteiger partial charge in [-0.2, -0.15) is 13.2 Å². The van der Waals surface area contributed by atoms with Crippen LogP contribution in [0.25, 0.3) is 0 Å². The van der Waals surface area contributed by atoms with Crippen LogP contribution < -0.4 is 0 Å². The zero-order valence-electron chi connectivity index (χ0n) is 11.8. The number of carbonyl (C=O) groups excluding carboxylic acids is 2. The van der Waals surface area contributed by atoms with E-state index in [0.29, 0.717) is 0 Å². The molecule has 0 aliphatic carbocycles. The zero-order chi connectivity index (χ0) is 15.6. The maximum absolute atomic E-state index is 12.2.